The van der Waals surface area contributed by atoms with E-state index in [2.05, 4.69) is 22.2 Å². The zero-order valence-corrected chi connectivity index (χ0v) is 17.7. The summed E-state index contributed by atoms with van der Waals surface area (Å²) in [6.07, 6.45) is 5.05. The Morgan fingerprint density at radius 1 is 1.33 bits per heavy atom. The van der Waals surface area contributed by atoms with Gasteiger partial charge < -0.3 is 30.3 Å². The fourth-order valence-electron chi connectivity index (χ4n) is 3.30. The quantitative estimate of drug-likeness (QED) is 0.333. The van der Waals surface area contributed by atoms with Gasteiger partial charge in [-0.05, 0) is 18.4 Å². The molecule has 0 saturated carbocycles. The molecule has 3 rings (SSSR count). The Morgan fingerprint density at radius 3 is 2.80 bits per heavy atom. The number of hydrogen-bond acceptors (Lipinski definition) is 8. The molecule has 1 aromatic rings. The van der Waals surface area contributed by atoms with Gasteiger partial charge in [-0.3, -0.25) is 10.2 Å². The zero-order valence-electron chi connectivity index (χ0n) is 17.7. The molecule has 2 aliphatic heterocycles. The number of amidine groups is 1. The third-order valence-corrected chi connectivity index (χ3v) is 5.06. The molecule has 30 heavy (non-hydrogen) atoms. The fourth-order valence-corrected chi connectivity index (χ4v) is 3.30. The van der Waals surface area contributed by atoms with Crippen molar-refractivity contribution in [3.05, 3.63) is 11.8 Å². The number of morpholine rings is 1. The molecule has 0 unspecified atom stereocenters. The third-order valence-electron chi connectivity index (χ3n) is 5.06. The van der Waals surface area contributed by atoms with E-state index in [4.69, 9.17) is 20.6 Å². The predicted octanol–water partition coefficient (Wildman–Crippen LogP) is 1.99. The lowest BCUT2D eigenvalue weighted by atomic mass is 10.1. The number of aromatic nitrogens is 2. The molecule has 0 aliphatic carbocycles. The minimum atomic E-state index is -0.188. The van der Waals surface area contributed by atoms with Crippen LogP contribution >= 0.6 is 0 Å². The highest BCUT2D eigenvalue weighted by Crippen LogP contribution is 2.34. The standard InChI is InChI=1S/C20H31N7O3/c1-3-5-8-30-20-24-18(22)17-19(25-20)27(13-16(28)23-17)12-14(4-2)11-15(21)26-6-9-29-10-7-26/h12,21H,3-11,13H2,1-2H3,(H,23,28)(H2,22,24,25)/b14-12+,21-15?. The van der Waals surface area contributed by atoms with Crippen molar-refractivity contribution in [2.45, 2.75) is 39.5 Å². The highest BCUT2D eigenvalue weighted by Gasteiger charge is 2.27. The van der Waals surface area contributed by atoms with Crippen molar-refractivity contribution in [1.29, 1.82) is 5.41 Å². The second-order valence-corrected chi connectivity index (χ2v) is 7.33. The van der Waals surface area contributed by atoms with Crippen molar-refractivity contribution >= 4 is 29.1 Å². The van der Waals surface area contributed by atoms with E-state index < -0.39 is 0 Å². The number of rotatable bonds is 8. The molecule has 0 bridgehead atoms. The van der Waals surface area contributed by atoms with Crippen LogP contribution in [-0.4, -0.2) is 66.1 Å². The summed E-state index contributed by atoms with van der Waals surface area (Å²) < 4.78 is 11.0. The number of anilines is 3. The normalized spacial score (nSPS) is 16.9. The minimum Gasteiger partial charge on any atom is -0.463 e. The molecule has 4 N–H and O–H groups in total. The molecule has 10 heteroatoms. The Balaban J connectivity index is 1.82. The lowest BCUT2D eigenvalue weighted by Crippen LogP contribution is -2.40. The van der Waals surface area contributed by atoms with E-state index in [0.29, 0.717) is 43.6 Å². The van der Waals surface area contributed by atoms with Crippen LogP contribution in [0.15, 0.2) is 11.8 Å². The van der Waals surface area contributed by atoms with E-state index in [9.17, 15) is 4.79 Å². The summed E-state index contributed by atoms with van der Waals surface area (Å²) in [6, 6.07) is 0.202. The number of ether oxygens (including phenoxy) is 2. The first-order valence-corrected chi connectivity index (χ1v) is 10.5. The van der Waals surface area contributed by atoms with E-state index >= 15 is 0 Å². The number of carbonyl (C=O) groups is 1. The van der Waals surface area contributed by atoms with E-state index in [-0.39, 0.29) is 24.3 Å². The van der Waals surface area contributed by atoms with Crippen molar-refractivity contribution in [1.82, 2.24) is 14.9 Å². The van der Waals surface area contributed by atoms with Gasteiger partial charge in [-0.25, -0.2) is 0 Å². The van der Waals surface area contributed by atoms with Gasteiger partial charge in [0.1, 0.15) is 18.1 Å². The Labute approximate surface area is 176 Å². The van der Waals surface area contributed by atoms with E-state index in [0.717, 1.165) is 37.9 Å². The first-order chi connectivity index (χ1) is 14.5. The van der Waals surface area contributed by atoms with E-state index in [1.165, 1.54) is 0 Å². The van der Waals surface area contributed by atoms with Gasteiger partial charge >= 0.3 is 6.01 Å². The first kappa shape index (κ1) is 21.8. The van der Waals surface area contributed by atoms with Crippen LogP contribution in [0.4, 0.5) is 17.3 Å². The van der Waals surface area contributed by atoms with Crippen LogP contribution in [-0.2, 0) is 9.53 Å². The number of unbranched alkanes of at least 4 members (excludes halogenated alkanes) is 1. The predicted molar refractivity (Wildman–Crippen MR) is 116 cm³/mol. The number of nitrogens with one attached hydrogen (secondary N) is 2. The number of nitrogen functional groups attached to an aromatic ring is 1. The van der Waals surface area contributed by atoms with Crippen LogP contribution < -0.4 is 20.7 Å². The maximum absolute atomic E-state index is 12.2. The summed E-state index contributed by atoms with van der Waals surface area (Å²) in [5, 5.41) is 11.2. The molecule has 0 radical (unpaired) electrons. The molecule has 1 saturated heterocycles. The highest BCUT2D eigenvalue weighted by atomic mass is 16.5. The van der Waals surface area contributed by atoms with Crippen LogP contribution in [0.25, 0.3) is 0 Å². The van der Waals surface area contributed by atoms with Gasteiger partial charge in [0.2, 0.25) is 5.91 Å². The van der Waals surface area contributed by atoms with Crippen LogP contribution in [0.5, 0.6) is 6.01 Å². The summed E-state index contributed by atoms with van der Waals surface area (Å²) >= 11 is 0. The number of carbonyl (C=O) groups excluding carboxylic acids is 1. The first-order valence-electron chi connectivity index (χ1n) is 10.5. The molecule has 0 spiro atoms. The number of nitrogens with zero attached hydrogens (tertiary/aromatic N) is 4. The zero-order chi connectivity index (χ0) is 21.5. The SMILES string of the molecule is CCCCOc1nc(N)c2c(n1)N(/C=C(\CC)CC(=N)N1CCOCC1)CC(=O)N2. The second-order valence-electron chi connectivity index (χ2n) is 7.33. The molecule has 2 aliphatic rings. The van der Waals surface area contributed by atoms with Gasteiger partial charge in [-0.1, -0.05) is 20.3 Å². The smallest absolute Gasteiger partial charge is 0.320 e. The van der Waals surface area contributed by atoms with Crippen LogP contribution in [0, 0.1) is 5.41 Å². The number of hydrogen-bond donors (Lipinski definition) is 3. The van der Waals surface area contributed by atoms with Crippen molar-refractivity contribution in [3.8, 4) is 6.01 Å². The third kappa shape index (κ3) is 5.38. The summed E-state index contributed by atoms with van der Waals surface area (Å²) in [6.45, 7) is 7.49. The maximum Gasteiger partial charge on any atom is 0.320 e. The molecular formula is C20H31N7O3. The van der Waals surface area contributed by atoms with Gasteiger partial charge in [0.25, 0.3) is 0 Å². The lowest BCUT2D eigenvalue weighted by Gasteiger charge is -2.31. The summed E-state index contributed by atoms with van der Waals surface area (Å²) in [4.78, 5) is 24.7. The van der Waals surface area contributed by atoms with Crippen LogP contribution in [0.3, 0.4) is 0 Å². The topological polar surface area (TPSA) is 130 Å². The number of nitrogens with two attached hydrogens (primary N) is 1. The molecule has 0 atom stereocenters. The molecule has 1 amide bonds. The summed E-state index contributed by atoms with van der Waals surface area (Å²) in [7, 11) is 0. The molecule has 1 aromatic heterocycles. The molecule has 0 aromatic carbocycles. The second kappa shape index (κ2) is 10.2. The maximum atomic E-state index is 12.2. The van der Waals surface area contributed by atoms with Crippen molar-refractivity contribution in [3.63, 3.8) is 0 Å². The molecule has 3 heterocycles. The Morgan fingerprint density at radius 2 is 2.10 bits per heavy atom. The van der Waals surface area contributed by atoms with E-state index in [1.807, 2.05) is 18.0 Å². The monoisotopic (exact) mass is 417 g/mol. The van der Waals surface area contributed by atoms with Gasteiger partial charge in [-0.15, -0.1) is 0 Å². The lowest BCUT2D eigenvalue weighted by molar-refractivity contribution is -0.115. The summed E-state index contributed by atoms with van der Waals surface area (Å²) in [5.41, 5.74) is 7.48. The van der Waals surface area contributed by atoms with Crippen molar-refractivity contribution < 1.29 is 14.3 Å². The van der Waals surface area contributed by atoms with Crippen molar-refractivity contribution in [2.75, 3.05) is 55.4 Å². The van der Waals surface area contributed by atoms with Gasteiger partial charge in [-0.2, -0.15) is 9.97 Å². The van der Waals surface area contributed by atoms with Crippen LogP contribution in [0.2, 0.25) is 0 Å². The largest absolute Gasteiger partial charge is 0.463 e. The average molecular weight is 418 g/mol. The fraction of sp³-hybridized carbons (Fsp3) is 0.600. The molecule has 10 nitrogen and oxygen atoms in total. The van der Waals surface area contributed by atoms with Crippen molar-refractivity contribution in [2.24, 2.45) is 0 Å². The molecule has 1 fully saturated rings. The van der Waals surface area contributed by atoms with Gasteiger partial charge in [0.05, 0.1) is 19.8 Å². The molecular weight excluding hydrogens is 386 g/mol. The summed E-state index contributed by atoms with van der Waals surface area (Å²) in [5.74, 6) is 1.06. The Bertz CT molecular complexity index is 806. The van der Waals surface area contributed by atoms with Gasteiger partial charge in [0.15, 0.2) is 11.6 Å². The molecule has 164 valence electrons. The minimum absolute atomic E-state index is 0.117. The Kier molecular flexibility index (Phi) is 7.45. The van der Waals surface area contributed by atoms with E-state index in [1.54, 1.807) is 4.90 Å². The number of amides is 1. The highest BCUT2D eigenvalue weighted by molar-refractivity contribution is 6.03. The average Bonchev–Trinajstić information content (AvgIpc) is 2.74. The Hall–Kier alpha value is -2.88. The number of fused-ring (bicyclic) bond motifs is 1. The van der Waals surface area contributed by atoms with Crippen LogP contribution in [0.1, 0.15) is 39.5 Å². The van der Waals surface area contributed by atoms with Gasteiger partial charge in [0, 0.05) is 25.7 Å².